The Labute approximate surface area is 328 Å². The van der Waals surface area contributed by atoms with Crippen LogP contribution in [0.3, 0.4) is 0 Å². The zero-order valence-corrected chi connectivity index (χ0v) is 30.2. The van der Waals surface area contributed by atoms with Gasteiger partial charge in [0, 0.05) is 34.1 Å². The molecule has 2 nitrogen and oxygen atoms in total. The van der Waals surface area contributed by atoms with E-state index < -0.39 is 0 Å². The zero-order chi connectivity index (χ0) is 38.0. The molecule has 254 valence electrons. The van der Waals surface area contributed by atoms with Crippen LogP contribution in [0.1, 0.15) is 2.74 Å². The molecule has 10 aromatic carbocycles. The standard InChI is InChI=1S/C52H30B2N2/c1-3-13-33(14-4-1)55-43-21-9-7-19-39(43)53-41-29-31-26-28-36-38-18-12-24-46-52(38)54(40-20-8-10-22-44(40)56(46)34-15-5-2-6-16-34)42-30-32-25-27-35(37-17-11-23-45(55)51(37)53)49(41)47(32)48(31)50(36)42/h1-30H/i25D,26D. The van der Waals surface area contributed by atoms with Crippen LogP contribution in [0.2, 0.25) is 0 Å². The lowest BCUT2D eigenvalue weighted by Gasteiger charge is -2.41. The maximum Gasteiger partial charge on any atom is 0.248 e. The van der Waals surface area contributed by atoms with Gasteiger partial charge >= 0.3 is 0 Å². The van der Waals surface area contributed by atoms with Gasteiger partial charge in [0.15, 0.2) is 0 Å². The van der Waals surface area contributed by atoms with Gasteiger partial charge in [-0.1, -0.05) is 144 Å². The van der Waals surface area contributed by atoms with E-state index >= 15 is 0 Å². The van der Waals surface area contributed by atoms with Gasteiger partial charge in [0.1, 0.15) is 0 Å². The van der Waals surface area contributed by atoms with Crippen LogP contribution >= 0.6 is 0 Å². The molecular formula is C52H30B2N2. The average Bonchev–Trinajstić information content (AvgIpc) is 3.27. The molecule has 4 heterocycles. The molecule has 0 aliphatic carbocycles. The lowest BCUT2D eigenvalue weighted by molar-refractivity contribution is 1.29. The number of rotatable bonds is 2. The largest absolute Gasteiger partial charge is 0.312 e. The second-order valence-electron chi connectivity index (χ2n) is 15.7. The summed E-state index contributed by atoms with van der Waals surface area (Å²) in [5, 5.41) is 6.61. The molecule has 0 fully saturated rings. The van der Waals surface area contributed by atoms with E-state index in [4.69, 9.17) is 0 Å². The predicted molar refractivity (Wildman–Crippen MR) is 240 cm³/mol. The summed E-state index contributed by atoms with van der Waals surface area (Å²) in [4.78, 5) is 4.81. The Balaban J connectivity index is 1.12. The highest BCUT2D eigenvalue weighted by atomic mass is 15.2. The minimum absolute atomic E-state index is 0.0259. The van der Waals surface area contributed by atoms with Crippen LogP contribution in [0, 0.1) is 0 Å². The van der Waals surface area contributed by atoms with Crippen molar-refractivity contribution in [3.8, 4) is 22.3 Å². The van der Waals surface area contributed by atoms with Crippen molar-refractivity contribution < 1.29 is 2.74 Å². The van der Waals surface area contributed by atoms with Crippen molar-refractivity contribution in [2.24, 2.45) is 0 Å². The monoisotopic (exact) mass is 706 g/mol. The SMILES string of the molecule is [2H]c1cc2c3c(cc4c([2H])cc5c6c(cc1c3c46)B1c3ccccc3N(c3ccccc3)c3cccc-5c31)B1c3ccccc3N(c3ccccc3)c3cccc-2c31. The molecule has 14 rings (SSSR count). The van der Waals surface area contributed by atoms with Crippen molar-refractivity contribution in [3.63, 3.8) is 0 Å². The van der Waals surface area contributed by atoms with Gasteiger partial charge in [0.25, 0.3) is 0 Å². The molecule has 0 aromatic heterocycles. The molecule has 4 heteroatoms. The van der Waals surface area contributed by atoms with Crippen LogP contribution in [-0.4, -0.2) is 13.4 Å². The first-order chi connectivity index (χ1) is 28.7. The Hall–Kier alpha value is -7.03. The van der Waals surface area contributed by atoms with Crippen molar-refractivity contribution >= 4 is 113 Å². The average molecular weight is 706 g/mol. The molecule has 0 N–H and O–H groups in total. The van der Waals surface area contributed by atoms with Crippen molar-refractivity contribution in [2.75, 3.05) is 9.80 Å². The van der Waals surface area contributed by atoms with Gasteiger partial charge in [-0.3, -0.25) is 0 Å². The molecule has 0 unspecified atom stereocenters. The molecule has 0 saturated carbocycles. The van der Waals surface area contributed by atoms with Gasteiger partial charge in [0.05, 0.1) is 2.74 Å². The summed E-state index contributed by atoms with van der Waals surface area (Å²) in [6.45, 7) is -0.0519. The Morgan fingerprint density at radius 3 is 1.21 bits per heavy atom. The molecule has 56 heavy (non-hydrogen) atoms. The number of hydrogen-bond acceptors (Lipinski definition) is 2. The van der Waals surface area contributed by atoms with E-state index in [0.29, 0.717) is 12.1 Å². The van der Waals surface area contributed by atoms with Crippen LogP contribution in [0.4, 0.5) is 34.1 Å². The maximum atomic E-state index is 9.89. The van der Waals surface area contributed by atoms with E-state index in [-0.39, 0.29) is 13.4 Å². The second-order valence-corrected chi connectivity index (χ2v) is 15.7. The topological polar surface area (TPSA) is 6.48 Å². The smallest absolute Gasteiger partial charge is 0.248 e. The minimum atomic E-state index is -0.0259. The molecule has 4 aliphatic heterocycles. The summed E-state index contributed by atoms with van der Waals surface area (Å²) >= 11 is 0. The van der Waals surface area contributed by atoms with Gasteiger partial charge < -0.3 is 9.80 Å². The first-order valence-electron chi connectivity index (χ1n) is 20.6. The van der Waals surface area contributed by atoms with Crippen LogP contribution in [-0.2, 0) is 0 Å². The maximum absolute atomic E-state index is 9.89. The Morgan fingerprint density at radius 2 is 0.750 bits per heavy atom. The third-order valence-corrected chi connectivity index (χ3v) is 13.2. The first kappa shape index (κ1) is 27.5. The number of nitrogens with zero attached hydrogens (tertiary/aromatic N) is 2. The summed E-state index contributed by atoms with van der Waals surface area (Å²) in [5.41, 5.74) is 19.0. The quantitative estimate of drug-likeness (QED) is 0.131. The number of fused-ring (bicyclic) bond motifs is 8. The molecule has 4 aliphatic rings. The lowest BCUT2D eigenvalue weighted by Crippen LogP contribution is -2.60. The van der Waals surface area contributed by atoms with Crippen LogP contribution in [0.15, 0.2) is 182 Å². The Bertz CT molecular complexity index is 3230. The highest BCUT2D eigenvalue weighted by Crippen LogP contribution is 2.48. The summed E-state index contributed by atoms with van der Waals surface area (Å²) in [5.74, 6) is 0. The number of hydrogen-bond donors (Lipinski definition) is 0. The first-order valence-corrected chi connectivity index (χ1v) is 19.6. The van der Waals surface area contributed by atoms with Crippen LogP contribution in [0.5, 0.6) is 0 Å². The van der Waals surface area contributed by atoms with E-state index in [0.717, 1.165) is 44.0 Å². The predicted octanol–water partition coefficient (Wildman–Crippen LogP) is 9.14. The highest BCUT2D eigenvalue weighted by Gasteiger charge is 2.44. The molecule has 0 spiro atoms. The van der Waals surface area contributed by atoms with Crippen LogP contribution in [0.25, 0.3) is 54.6 Å². The molecule has 0 bridgehead atoms. The summed E-state index contributed by atoms with van der Waals surface area (Å²) in [7, 11) is 0. The zero-order valence-electron chi connectivity index (χ0n) is 32.2. The van der Waals surface area contributed by atoms with Gasteiger partial charge in [-0.15, -0.1) is 0 Å². The molecule has 0 radical (unpaired) electrons. The summed E-state index contributed by atoms with van der Waals surface area (Å²) in [6, 6.07) is 62.5. The van der Waals surface area contributed by atoms with Gasteiger partial charge in [0.2, 0.25) is 13.4 Å². The fourth-order valence-corrected chi connectivity index (χ4v) is 11.2. The third kappa shape index (κ3) is 3.48. The van der Waals surface area contributed by atoms with E-state index in [2.05, 4.69) is 180 Å². The van der Waals surface area contributed by atoms with Crippen molar-refractivity contribution in [2.45, 2.75) is 0 Å². The van der Waals surface area contributed by atoms with E-state index in [1.165, 1.54) is 77.4 Å². The molecular weight excluding hydrogens is 674 g/mol. The van der Waals surface area contributed by atoms with Crippen molar-refractivity contribution in [1.29, 1.82) is 0 Å². The number of anilines is 6. The number of benzene rings is 10. The van der Waals surface area contributed by atoms with Crippen molar-refractivity contribution in [1.82, 2.24) is 0 Å². The molecule has 0 saturated heterocycles. The minimum Gasteiger partial charge on any atom is -0.312 e. The second kappa shape index (κ2) is 10.4. The number of para-hydroxylation sites is 4. The lowest BCUT2D eigenvalue weighted by atomic mass is 9.31. The highest BCUT2D eigenvalue weighted by molar-refractivity contribution is 7.02. The van der Waals surface area contributed by atoms with E-state index in [9.17, 15) is 2.74 Å². The van der Waals surface area contributed by atoms with Gasteiger partial charge in [-0.2, -0.15) is 0 Å². The summed E-state index contributed by atoms with van der Waals surface area (Å²) < 4.78 is 19.8. The van der Waals surface area contributed by atoms with Gasteiger partial charge in [-0.25, -0.2) is 0 Å². The van der Waals surface area contributed by atoms with Gasteiger partial charge in [-0.05, 0) is 125 Å². The molecule has 0 atom stereocenters. The Morgan fingerprint density at radius 1 is 0.339 bits per heavy atom. The molecule has 10 aromatic rings. The van der Waals surface area contributed by atoms with E-state index in [1.54, 1.807) is 0 Å². The molecule has 0 amide bonds. The Kier molecular flexibility index (Phi) is 5.10. The third-order valence-electron chi connectivity index (χ3n) is 13.2. The normalized spacial score (nSPS) is 14.4. The summed E-state index contributed by atoms with van der Waals surface area (Å²) in [6.07, 6.45) is 0. The fourth-order valence-electron chi connectivity index (χ4n) is 11.2. The fraction of sp³-hybridized carbons (Fsp3) is 0. The van der Waals surface area contributed by atoms with Crippen molar-refractivity contribution in [3.05, 3.63) is 182 Å². The van der Waals surface area contributed by atoms with Crippen LogP contribution < -0.4 is 42.6 Å². The van der Waals surface area contributed by atoms with E-state index in [1.807, 2.05) is 0 Å².